The first-order valence-corrected chi connectivity index (χ1v) is 7.24. The first-order chi connectivity index (χ1) is 9.63. The molecule has 20 heavy (non-hydrogen) atoms. The van der Waals surface area contributed by atoms with Crippen molar-refractivity contribution in [3.05, 3.63) is 36.0 Å². The van der Waals surface area contributed by atoms with Gasteiger partial charge in [-0.1, -0.05) is 25.1 Å². The van der Waals surface area contributed by atoms with E-state index in [1.807, 2.05) is 24.4 Å². The number of fused-ring (bicyclic) bond motifs is 1. The van der Waals surface area contributed by atoms with E-state index in [4.69, 9.17) is 5.73 Å². The lowest BCUT2D eigenvalue weighted by atomic mass is 9.82. The molecule has 1 atom stereocenters. The molecule has 4 heteroatoms. The number of carbonyl (C=O) groups excluding carboxylic acids is 1. The number of para-hydroxylation sites is 1. The lowest BCUT2D eigenvalue weighted by Gasteiger charge is -2.33. The minimum Gasteiger partial charge on any atom is -0.361 e. The van der Waals surface area contributed by atoms with Gasteiger partial charge in [-0.25, -0.2) is 0 Å². The fourth-order valence-electron chi connectivity index (χ4n) is 2.96. The number of carbonyl (C=O) groups is 1. The normalized spacial score (nSPS) is 23.3. The third kappa shape index (κ3) is 2.56. The monoisotopic (exact) mass is 271 g/mol. The topological polar surface area (TPSA) is 70.9 Å². The second-order valence-electron chi connectivity index (χ2n) is 5.95. The van der Waals surface area contributed by atoms with Gasteiger partial charge in [0, 0.05) is 23.1 Å². The molecule has 1 saturated carbocycles. The molecule has 4 nitrogen and oxygen atoms in total. The summed E-state index contributed by atoms with van der Waals surface area (Å²) in [5, 5.41) is 4.18. The molecule has 1 aliphatic carbocycles. The molecular weight excluding hydrogens is 250 g/mol. The molecule has 0 radical (unpaired) electrons. The van der Waals surface area contributed by atoms with E-state index in [-0.39, 0.29) is 5.91 Å². The molecule has 1 aromatic carbocycles. The van der Waals surface area contributed by atoms with Crippen molar-refractivity contribution in [1.82, 2.24) is 10.3 Å². The molecule has 1 fully saturated rings. The molecule has 2 aromatic rings. The first-order valence-electron chi connectivity index (χ1n) is 7.24. The number of benzene rings is 1. The van der Waals surface area contributed by atoms with Crippen molar-refractivity contribution in [1.29, 1.82) is 0 Å². The Morgan fingerprint density at radius 1 is 1.45 bits per heavy atom. The van der Waals surface area contributed by atoms with Gasteiger partial charge in [-0.2, -0.15) is 0 Å². The van der Waals surface area contributed by atoms with Crippen LogP contribution in [-0.2, 0) is 11.2 Å². The van der Waals surface area contributed by atoms with Crippen molar-refractivity contribution in [2.45, 2.75) is 38.3 Å². The second kappa shape index (κ2) is 5.29. The zero-order valence-corrected chi connectivity index (χ0v) is 11.7. The van der Waals surface area contributed by atoms with Gasteiger partial charge in [0.15, 0.2) is 0 Å². The molecule has 0 spiro atoms. The summed E-state index contributed by atoms with van der Waals surface area (Å²) in [7, 11) is 0. The number of hydrogen-bond acceptors (Lipinski definition) is 2. The Hall–Kier alpha value is -1.81. The molecule has 1 aromatic heterocycles. The highest BCUT2D eigenvalue weighted by Crippen LogP contribution is 2.26. The van der Waals surface area contributed by atoms with Crippen molar-refractivity contribution in [2.75, 3.05) is 0 Å². The number of hydrogen-bond donors (Lipinski definition) is 3. The number of rotatable bonds is 4. The number of aromatic amines is 1. The Bertz CT molecular complexity index is 613. The average Bonchev–Trinajstić information content (AvgIpc) is 2.80. The van der Waals surface area contributed by atoms with E-state index < -0.39 is 6.04 Å². The summed E-state index contributed by atoms with van der Waals surface area (Å²) in [6.45, 7) is 2.20. The van der Waals surface area contributed by atoms with E-state index in [0.717, 1.165) is 35.2 Å². The van der Waals surface area contributed by atoms with Crippen LogP contribution in [0.1, 0.15) is 25.3 Å². The van der Waals surface area contributed by atoms with Gasteiger partial charge >= 0.3 is 0 Å². The fourth-order valence-corrected chi connectivity index (χ4v) is 2.96. The highest BCUT2D eigenvalue weighted by molar-refractivity contribution is 5.86. The van der Waals surface area contributed by atoms with Crippen LogP contribution < -0.4 is 11.1 Å². The molecule has 106 valence electrons. The van der Waals surface area contributed by atoms with E-state index in [1.54, 1.807) is 0 Å². The standard InChI is InChI=1S/C16H21N3O/c1-10-6-12(7-10)19-16(20)14(17)8-11-9-18-15-5-3-2-4-13(11)15/h2-5,9-10,12,14,18H,6-8,17H2,1H3,(H,19,20). The Kier molecular flexibility index (Phi) is 3.49. The molecule has 0 saturated heterocycles. The molecule has 1 unspecified atom stereocenters. The van der Waals surface area contributed by atoms with E-state index in [2.05, 4.69) is 23.3 Å². The van der Waals surface area contributed by atoms with Gasteiger partial charge in [0.1, 0.15) is 0 Å². The summed E-state index contributed by atoms with van der Waals surface area (Å²) < 4.78 is 0. The van der Waals surface area contributed by atoms with Crippen LogP contribution in [0.4, 0.5) is 0 Å². The Morgan fingerprint density at radius 3 is 2.95 bits per heavy atom. The van der Waals surface area contributed by atoms with Gasteiger partial charge in [-0.15, -0.1) is 0 Å². The van der Waals surface area contributed by atoms with Crippen molar-refractivity contribution >= 4 is 16.8 Å². The molecule has 1 amide bonds. The minimum atomic E-state index is -0.481. The van der Waals surface area contributed by atoms with Crippen molar-refractivity contribution in [3.8, 4) is 0 Å². The zero-order valence-electron chi connectivity index (χ0n) is 11.7. The van der Waals surface area contributed by atoms with Crippen LogP contribution in [0, 0.1) is 5.92 Å². The van der Waals surface area contributed by atoms with Crippen LogP contribution >= 0.6 is 0 Å². The van der Waals surface area contributed by atoms with Crippen molar-refractivity contribution in [3.63, 3.8) is 0 Å². The molecule has 3 rings (SSSR count). The van der Waals surface area contributed by atoms with E-state index >= 15 is 0 Å². The molecule has 1 heterocycles. The summed E-state index contributed by atoms with van der Waals surface area (Å²) in [4.78, 5) is 15.3. The Morgan fingerprint density at radius 2 is 2.20 bits per heavy atom. The molecule has 0 aliphatic heterocycles. The second-order valence-corrected chi connectivity index (χ2v) is 5.95. The number of nitrogens with two attached hydrogens (primary N) is 1. The smallest absolute Gasteiger partial charge is 0.237 e. The van der Waals surface area contributed by atoms with Gasteiger partial charge in [0.05, 0.1) is 6.04 Å². The largest absolute Gasteiger partial charge is 0.361 e. The maximum Gasteiger partial charge on any atom is 0.237 e. The summed E-state index contributed by atoms with van der Waals surface area (Å²) >= 11 is 0. The third-order valence-electron chi connectivity index (χ3n) is 4.17. The summed E-state index contributed by atoms with van der Waals surface area (Å²) in [6, 6.07) is 7.92. The number of H-pyrrole nitrogens is 1. The lowest BCUT2D eigenvalue weighted by Crippen LogP contribution is -2.50. The van der Waals surface area contributed by atoms with Crippen molar-refractivity contribution < 1.29 is 4.79 Å². The number of nitrogens with one attached hydrogen (secondary N) is 2. The summed E-state index contributed by atoms with van der Waals surface area (Å²) in [5.41, 5.74) is 8.22. The van der Waals surface area contributed by atoms with Crippen LogP contribution in [0.2, 0.25) is 0 Å². The lowest BCUT2D eigenvalue weighted by molar-refractivity contribution is -0.123. The fraction of sp³-hybridized carbons (Fsp3) is 0.438. The van der Waals surface area contributed by atoms with Gasteiger partial charge in [-0.3, -0.25) is 4.79 Å². The molecule has 4 N–H and O–H groups in total. The molecule has 0 bridgehead atoms. The number of amides is 1. The zero-order chi connectivity index (χ0) is 14.1. The van der Waals surface area contributed by atoms with Gasteiger partial charge in [0.25, 0.3) is 0 Å². The Labute approximate surface area is 118 Å². The third-order valence-corrected chi connectivity index (χ3v) is 4.17. The van der Waals surface area contributed by atoms with Crippen LogP contribution in [0.5, 0.6) is 0 Å². The van der Waals surface area contributed by atoms with Crippen molar-refractivity contribution in [2.24, 2.45) is 11.7 Å². The first kappa shape index (κ1) is 13.2. The van der Waals surface area contributed by atoms with Crippen LogP contribution in [0.15, 0.2) is 30.5 Å². The van der Waals surface area contributed by atoms with Gasteiger partial charge in [-0.05, 0) is 36.8 Å². The number of aromatic nitrogens is 1. The molecular formula is C16H21N3O. The van der Waals surface area contributed by atoms with Crippen LogP contribution in [-0.4, -0.2) is 23.0 Å². The summed E-state index contributed by atoms with van der Waals surface area (Å²) in [5.74, 6) is 0.692. The maximum atomic E-state index is 12.1. The maximum absolute atomic E-state index is 12.1. The summed E-state index contributed by atoms with van der Waals surface area (Å²) in [6.07, 6.45) is 4.67. The highest BCUT2D eigenvalue weighted by atomic mass is 16.2. The predicted octanol–water partition coefficient (Wildman–Crippen LogP) is 1.95. The highest BCUT2D eigenvalue weighted by Gasteiger charge is 2.28. The van der Waals surface area contributed by atoms with E-state index in [0.29, 0.717) is 12.5 Å². The van der Waals surface area contributed by atoms with E-state index in [9.17, 15) is 4.79 Å². The average molecular weight is 271 g/mol. The van der Waals surface area contributed by atoms with E-state index in [1.165, 1.54) is 0 Å². The molecule has 1 aliphatic rings. The van der Waals surface area contributed by atoms with Crippen LogP contribution in [0.25, 0.3) is 10.9 Å². The van der Waals surface area contributed by atoms with Gasteiger partial charge in [0.2, 0.25) is 5.91 Å². The SMILES string of the molecule is CC1CC(NC(=O)C(N)Cc2c[nH]c3ccccc23)C1. The Balaban J connectivity index is 1.63. The predicted molar refractivity (Wildman–Crippen MR) is 80.3 cm³/mol. The van der Waals surface area contributed by atoms with Gasteiger partial charge < -0.3 is 16.0 Å². The minimum absolute atomic E-state index is 0.0350. The van der Waals surface area contributed by atoms with Crippen LogP contribution in [0.3, 0.4) is 0 Å². The quantitative estimate of drug-likeness (QED) is 0.795.